The number of unbranched alkanes of at least 4 members (excludes halogenated alkanes) is 1. The summed E-state index contributed by atoms with van der Waals surface area (Å²) in [7, 11) is 0. The number of hydrogen-bond acceptors (Lipinski definition) is 3. The normalized spacial score (nSPS) is 11.4. The number of rotatable bonds is 9. The number of carbonyl (C=O) groups excluding carboxylic acids is 1. The van der Waals surface area contributed by atoms with Crippen molar-refractivity contribution in [2.24, 2.45) is 5.73 Å². The predicted octanol–water partition coefficient (Wildman–Crippen LogP) is 2.82. The standard InChI is InChI=1S/C16H26N2O2.ClH/c1-3-4-7-14(12-17)18-16(19)9-10-20-15-8-5-6-13(2)11-15;/h5-6,8,11,14H,3-4,7,9-10,12,17H2,1-2H3,(H,18,19);1H. The fraction of sp³-hybridized carbons (Fsp3) is 0.562. The Kier molecular flexibility index (Phi) is 10.7. The highest BCUT2D eigenvalue weighted by Crippen LogP contribution is 2.12. The number of ether oxygens (including phenoxy) is 1. The first-order valence-electron chi connectivity index (χ1n) is 7.34. The van der Waals surface area contributed by atoms with Crippen molar-refractivity contribution in [2.45, 2.75) is 45.6 Å². The minimum Gasteiger partial charge on any atom is -0.493 e. The van der Waals surface area contributed by atoms with Crippen LogP contribution in [0.2, 0.25) is 0 Å². The number of carbonyl (C=O) groups is 1. The average Bonchev–Trinajstić information content (AvgIpc) is 2.43. The Morgan fingerprint density at radius 1 is 1.43 bits per heavy atom. The van der Waals surface area contributed by atoms with Crippen LogP contribution < -0.4 is 15.8 Å². The zero-order valence-corrected chi connectivity index (χ0v) is 13.7. The van der Waals surface area contributed by atoms with Gasteiger partial charge in [-0.25, -0.2) is 0 Å². The van der Waals surface area contributed by atoms with Crippen molar-refractivity contribution in [1.82, 2.24) is 5.32 Å². The van der Waals surface area contributed by atoms with Crippen LogP contribution in [0.15, 0.2) is 24.3 Å². The molecule has 0 fully saturated rings. The lowest BCUT2D eigenvalue weighted by atomic mass is 10.1. The van der Waals surface area contributed by atoms with Crippen molar-refractivity contribution < 1.29 is 9.53 Å². The number of halogens is 1. The highest BCUT2D eigenvalue weighted by molar-refractivity contribution is 5.85. The van der Waals surface area contributed by atoms with Crippen molar-refractivity contribution in [3.05, 3.63) is 29.8 Å². The van der Waals surface area contributed by atoms with Gasteiger partial charge in [0.15, 0.2) is 0 Å². The van der Waals surface area contributed by atoms with Crippen molar-refractivity contribution in [3.8, 4) is 5.75 Å². The molecule has 21 heavy (non-hydrogen) atoms. The van der Waals surface area contributed by atoms with E-state index in [1.165, 1.54) is 0 Å². The van der Waals surface area contributed by atoms with E-state index in [0.29, 0.717) is 19.6 Å². The minimum absolute atomic E-state index is 0. The van der Waals surface area contributed by atoms with Gasteiger partial charge < -0.3 is 15.8 Å². The maximum absolute atomic E-state index is 11.8. The SMILES string of the molecule is CCCCC(CN)NC(=O)CCOc1cccc(C)c1.Cl. The maximum atomic E-state index is 11.8. The molecule has 4 nitrogen and oxygen atoms in total. The maximum Gasteiger partial charge on any atom is 0.223 e. The summed E-state index contributed by atoms with van der Waals surface area (Å²) in [5, 5.41) is 2.96. The molecular formula is C16H27ClN2O2. The van der Waals surface area contributed by atoms with Crippen LogP contribution in [0, 0.1) is 6.92 Å². The van der Waals surface area contributed by atoms with Crippen LogP contribution in [0.4, 0.5) is 0 Å². The van der Waals surface area contributed by atoms with Gasteiger partial charge in [0, 0.05) is 12.6 Å². The summed E-state index contributed by atoms with van der Waals surface area (Å²) in [5.74, 6) is 0.809. The molecule has 3 N–H and O–H groups in total. The molecule has 1 atom stereocenters. The van der Waals surface area contributed by atoms with Gasteiger partial charge in [-0.1, -0.05) is 31.9 Å². The van der Waals surface area contributed by atoms with Gasteiger partial charge in [0.1, 0.15) is 5.75 Å². The van der Waals surface area contributed by atoms with E-state index in [1.54, 1.807) is 0 Å². The number of amides is 1. The summed E-state index contributed by atoms with van der Waals surface area (Å²) in [6.07, 6.45) is 3.50. The average molecular weight is 315 g/mol. The van der Waals surface area contributed by atoms with E-state index in [0.717, 1.165) is 30.6 Å². The van der Waals surface area contributed by atoms with E-state index in [1.807, 2.05) is 31.2 Å². The highest BCUT2D eigenvalue weighted by atomic mass is 35.5. The molecule has 0 radical (unpaired) electrons. The van der Waals surface area contributed by atoms with E-state index in [-0.39, 0.29) is 24.4 Å². The van der Waals surface area contributed by atoms with Gasteiger partial charge in [0.2, 0.25) is 5.91 Å². The van der Waals surface area contributed by atoms with Gasteiger partial charge in [0.25, 0.3) is 0 Å². The van der Waals surface area contributed by atoms with Crippen LogP contribution in [0.25, 0.3) is 0 Å². The smallest absolute Gasteiger partial charge is 0.223 e. The topological polar surface area (TPSA) is 64.3 Å². The van der Waals surface area contributed by atoms with Crippen molar-refractivity contribution in [3.63, 3.8) is 0 Å². The number of nitrogens with two attached hydrogens (primary N) is 1. The van der Waals surface area contributed by atoms with Crippen LogP contribution in [0.5, 0.6) is 5.75 Å². The largest absolute Gasteiger partial charge is 0.493 e. The van der Waals surface area contributed by atoms with Crippen molar-refractivity contribution in [2.75, 3.05) is 13.2 Å². The second kappa shape index (κ2) is 11.4. The molecule has 120 valence electrons. The summed E-state index contributed by atoms with van der Waals surface area (Å²) in [5.41, 5.74) is 6.80. The Morgan fingerprint density at radius 3 is 2.81 bits per heavy atom. The molecule has 1 rings (SSSR count). The van der Waals surface area contributed by atoms with Gasteiger partial charge in [0.05, 0.1) is 13.0 Å². The van der Waals surface area contributed by atoms with Gasteiger partial charge in [-0.15, -0.1) is 12.4 Å². The van der Waals surface area contributed by atoms with Crippen LogP contribution >= 0.6 is 12.4 Å². The molecule has 0 spiro atoms. The van der Waals surface area contributed by atoms with Crippen LogP contribution in [0.1, 0.15) is 38.2 Å². The molecule has 0 bridgehead atoms. The fourth-order valence-electron chi connectivity index (χ4n) is 1.97. The number of nitrogens with one attached hydrogen (secondary N) is 1. The van der Waals surface area contributed by atoms with Crippen LogP contribution in [-0.4, -0.2) is 25.1 Å². The fourth-order valence-corrected chi connectivity index (χ4v) is 1.97. The lowest BCUT2D eigenvalue weighted by Crippen LogP contribution is -2.40. The van der Waals surface area contributed by atoms with Crippen LogP contribution in [0.3, 0.4) is 0 Å². The minimum atomic E-state index is 0. The zero-order valence-electron chi connectivity index (χ0n) is 12.9. The van der Waals surface area contributed by atoms with E-state index in [2.05, 4.69) is 12.2 Å². The lowest BCUT2D eigenvalue weighted by molar-refractivity contribution is -0.122. The molecule has 1 unspecified atom stereocenters. The quantitative estimate of drug-likeness (QED) is 0.736. The third-order valence-electron chi connectivity index (χ3n) is 3.14. The number of aryl methyl sites for hydroxylation is 1. The van der Waals surface area contributed by atoms with E-state index in [9.17, 15) is 4.79 Å². The molecule has 0 saturated carbocycles. The Bertz CT molecular complexity index is 413. The molecule has 1 aromatic rings. The first-order chi connectivity index (χ1) is 9.65. The van der Waals surface area contributed by atoms with Gasteiger partial charge in [-0.05, 0) is 31.0 Å². The first-order valence-corrected chi connectivity index (χ1v) is 7.34. The zero-order chi connectivity index (χ0) is 14.8. The summed E-state index contributed by atoms with van der Waals surface area (Å²) in [6.45, 7) is 5.02. The Balaban J connectivity index is 0.00000400. The molecule has 1 amide bonds. The Hall–Kier alpha value is -1.26. The molecular weight excluding hydrogens is 288 g/mol. The summed E-state index contributed by atoms with van der Waals surface area (Å²) >= 11 is 0. The van der Waals surface area contributed by atoms with Crippen LogP contribution in [-0.2, 0) is 4.79 Å². The second-order valence-corrected chi connectivity index (χ2v) is 5.06. The Morgan fingerprint density at radius 2 is 2.19 bits per heavy atom. The third kappa shape index (κ3) is 8.58. The second-order valence-electron chi connectivity index (χ2n) is 5.06. The third-order valence-corrected chi connectivity index (χ3v) is 3.14. The molecule has 0 aliphatic carbocycles. The van der Waals surface area contributed by atoms with Crippen molar-refractivity contribution >= 4 is 18.3 Å². The van der Waals surface area contributed by atoms with Crippen molar-refractivity contribution in [1.29, 1.82) is 0 Å². The summed E-state index contributed by atoms with van der Waals surface area (Å²) in [4.78, 5) is 11.8. The predicted molar refractivity (Wildman–Crippen MR) is 89.0 cm³/mol. The van der Waals surface area contributed by atoms with E-state index < -0.39 is 0 Å². The molecule has 5 heteroatoms. The van der Waals surface area contributed by atoms with Gasteiger partial charge >= 0.3 is 0 Å². The van der Waals surface area contributed by atoms with Gasteiger partial charge in [-0.3, -0.25) is 4.79 Å². The molecule has 0 saturated heterocycles. The van der Waals surface area contributed by atoms with E-state index in [4.69, 9.17) is 10.5 Å². The number of benzene rings is 1. The number of hydrogen-bond donors (Lipinski definition) is 2. The van der Waals surface area contributed by atoms with E-state index >= 15 is 0 Å². The lowest BCUT2D eigenvalue weighted by Gasteiger charge is -2.16. The molecule has 0 aromatic heterocycles. The highest BCUT2D eigenvalue weighted by Gasteiger charge is 2.10. The molecule has 0 heterocycles. The molecule has 0 aliphatic heterocycles. The summed E-state index contributed by atoms with van der Waals surface area (Å²) in [6, 6.07) is 7.90. The summed E-state index contributed by atoms with van der Waals surface area (Å²) < 4.78 is 5.56. The first kappa shape index (κ1) is 19.7. The monoisotopic (exact) mass is 314 g/mol. The van der Waals surface area contributed by atoms with Gasteiger partial charge in [-0.2, -0.15) is 0 Å². The molecule has 0 aliphatic rings. The molecule has 1 aromatic carbocycles. The Labute approximate surface area is 133 Å².